The summed E-state index contributed by atoms with van der Waals surface area (Å²) in [5, 5.41) is 14.6. The number of amides is 1. The van der Waals surface area contributed by atoms with Crippen LogP contribution >= 0.6 is 0 Å². The van der Waals surface area contributed by atoms with Crippen molar-refractivity contribution in [1.29, 1.82) is 0 Å². The van der Waals surface area contributed by atoms with Gasteiger partial charge in [-0.25, -0.2) is 4.68 Å². The van der Waals surface area contributed by atoms with Crippen LogP contribution in [0.2, 0.25) is 0 Å². The van der Waals surface area contributed by atoms with Gasteiger partial charge >= 0.3 is 0 Å². The predicted molar refractivity (Wildman–Crippen MR) is 101 cm³/mol. The number of carbonyl (C=O) groups is 1. The van der Waals surface area contributed by atoms with Crippen molar-refractivity contribution in [3.05, 3.63) is 35.7 Å². The molecule has 26 heavy (non-hydrogen) atoms. The minimum absolute atomic E-state index is 0.242. The molecule has 1 fully saturated rings. The highest BCUT2D eigenvalue weighted by molar-refractivity contribution is 6.03. The third-order valence-corrected chi connectivity index (χ3v) is 4.66. The fourth-order valence-electron chi connectivity index (χ4n) is 3.14. The van der Waals surface area contributed by atoms with Crippen LogP contribution in [0.5, 0.6) is 5.75 Å². The van der Waals surface area contributed by atoms with Gasteiger partial charge in [-0.3, -0.25) is 4.79 Å². The molecule has 0 saturated carbocycles. The van der Waals surface area contributed by atoms with Crippen LogP contribution in [0.15, 0.2) is 24.3 Å². The molecule has 1 aliphatic heterocycles. The van der Waals surface area contributed by atoms with E-state index >= 15 is 0 Å². The molecule has 7 nitrogen and oxygen atoms in total. The van der Waals surface area contributed by atoms with Gasteiger partial charge < -0.3 is 15.4 Å². The Morgan fingerprint density at radius 3 is 2.96 bits per heavy atom. The summed E-state index contributed by atoms with van der Waals surface area (Å²) in [5.74, 6) is 0.514. The lowest BCUT2D eigenvalue weighted by Gasteiger charge is -2.23. The van der Waals surface area contributed by atoms with Crippen LogP contribution in [-0.2, 0) is 0 Å². The molecule has 0 atom stereocenters. The summed E-state index contributed by atoms with van der Waals surface area (Å²) in [6.07, 6.45) is 4.10. The van der Waals surface area contributed by atoms with Crippen molar-refractivity contribution >= 4 is 11.6 Å². The average Bonchev–Trinajstić information content (AvgIpc) is 3.04. The van der Waals surface area contributed by atoms with Gasteiger partial charge in [-0.2, -0.15) is 0 Å². The Bertz CT molecular complexity index is 737. The Labute approximate surface area is 154 Å². The first-order valence-electron chi connectivity index (χ1n) is 9.35. The van der Waals surface area contributed by atoms with Crippen LogP contribution < -0.4 is 15.4 Å². The number of aromatic nitrogens is 3. The lowest BCUT2D eigenvalue weighted by Crippen LogP contribution is -2.30. The topological polar surface area (TPSA) is 81.1 Å². The van der Waals surface area contributed by atoms with Crippen LogP contribution in [-0.4, -0.2) is 40.6 Å². The quantitative estimate of drug-likeness (QED) is 0.745. The lowest BCUT2D eigenvalue weighted by atomic mass is 10.1. The molecule has 2 aromatic rings. The molecule has 0 aliphatic carbocycles. The van der Waals surface area contributed by atoms with E-state index in [-0.39, 0.29) is 5.91 Å². The van der Waals surface area contributed by atoms with Gasteiger partial charge in [-0.1, -0.05) is 24.6 Å². The fraction of sp³-hybridized carbons (Fsp3) is 0.526. The molecule has 1 aromatic carbocycles. The second-order valence-electron chi connectivity index (χ2n) is 6.63. The number of unbranched alkanes of at least 4 members (excludes halogenated alkanes) is 1. The zero-order chi connectivity index (χ0) is 18.4. The maximum Gasteiger partial charge on any atom is 0.278 e. The Balaban J connectivity index is 1.66. The largest absolute Gasteiger partial charge is 0.494 e. The Morgan fingerprint density at radius 1 is 1.38 bits per heavy atom. The van der Waals surface area contributed by atoms with Crippen LogP contribution in [0.1, 0.15) is 54.8 Å². The number of carbonyl (C=O) groups excluding carboxylic acids is 1. The van der Waals surface area contributed by atoms with Crippen LogP contribution in [0.4, 0.5) is 5.69 Å². The zero-order valence-electron chi connectivity index (χ0n) is 15.5. The third kappa shape index (κ3) is 4.40. The SMILES string of the molecule is CCCCOc1cccc(NC(=O)c2nnn(C3CCNCC3)c2C)c1. The van der Waals surface area contributed by atoms with Crippen molar-refractivity contribution in [2.24, 2.45) is 0 Å². The summed E-state index contributed by atoms with van der Waals surface area (Å²) in [6.45, 7) is 6.64. The number of nitrogens with zero attached hydrogens (tertiary/aromatic N) is 3. The van der Waals surface area contributed by atoms with Crippen molar-refractivity contribution in [2.75, 3.05) is 25.0 Å². The van der Waals surface area contributed by atoms with E-state index in [1.54, 1.807) is 0 Å². The van der Waals surface area contributed by atoms with Gasteiger partial charge in [0.05, 0.1) is 18.3 Å². The van der Waals surface area contributed by atoms with E-state index in [0.717, 1.165) is 50.2 Å². The Kier molecular flexibility index (Phi) is 6.22. The summed E-state index contributed by atoms with van der Waals surface area (Å²) in [5.41, 5.74) is 1.88. The molecule has 1 aliphatic rings. The Hall–Kier alpha value is -2.41. The molecule has 2 N–H and O–H groups in total. The summed E-state index contributed by atoms with van der Waals surface area (Å²) < 4.78 is 7.58. The minimum Gasteiger partial charge on any atom is -0.494 e. The Morgan fingerprint density at radius 2 is 2.19 bits per heavy atom. The summed E-state index contributed by atoms with van der Waals surface area (Å²) in [4.78, 5) is 12.6. The predicted octanol–water partition coefficient (Wildman–Crippen LogP) is 2.94. The van der Waals surface area contributed by atoms with Crippen molar-refractivity contribution < 1.29 is 9.53 Å². The number of rotatable bonds is 7. The van der Waals surface area contributed by atoms with Gasteiger partial charge in [0.15, 0.2) is 5.69 Å². The highest BCUT2D eigenvalue weighted by Crippen LogP contribution is 2.22. The third-order valence-electron chi connectivity index (χ3n) is 4.66. The monoisotopic (exact) mass is 357 g/mol. The number of hydrogen-bond acceptors (Lipinski definition) is 5. The molecule has 1 saturated heterocycles. The number of anilines is 1. The van der Waals surface area contributed by atoms with Crippen molar-refractivity contribution in [3.8, 4) is 5.75 Å². The van der Waals surface area contributed by atoms with Crippen LogP contribution in [0, 0.1) is 6.92 Å². The van der Waals surface area contributed by atoms with Crippen molar-refractivity contribution in [3.63, 3.8) is 0 Å². The lowest BCUT2D eigenvalue weighted by molar-refractivity contribution is 0.102. The molecule has 1 amide bonds. The van der Waals surface area contributed by atoms with E-state index in [9.17, 15) is 4.79 Å². The smallest absolute Gasteiger partial charge is 0.278 e. The zero-order valence-corrected chi connectivity index (χ0v) is 15.5. The van der Waals surface area contributed by atoms with E-state index in [1.165, 1.54) is 0 Å². The van der Waals surface area contributed by atoms with Gasteiger partial charge in [0, 0.05) is 11.8 Å². The van der Waals surface area contributed by atoms with Gasteiger partial charge in [0.2, 0.25) is 0 Å². The molecule has 0 bridgehead atoms. The first-order chi connectivity index (χ1) is 12.7. The van der Waals surface area contributed by atoms with E-state index in [4.69, 9.17) is 4.74 Å². The van der Waals surface area contributed by atoms with Crippen molar-refractivity contribution in [2.45, 2.75) is 45.6 Å². The van der Waals surface area contributed by atoms with E-state index in [1.807, 2.05) is 35.9 Å². The first kappa shape index (κ1) is 18.4. The molecule has 0 radical (unpaired) electrons. The van der Waals surface area contributed by atoms with Gasteiger partial charge in [-0.15, -0.1) is 5.10 Å². The normalized spacial score (nSPS) is 15.0. The van der Waals surface area contributed by atoms with E-state index in [2.05, 4.69) is 27.9 Å². The molecule has 7 heteroatoms. The highest BCUT2D eigenvalue weighted by Gasteiger charge is 2.23. The van der Waals surface area contributed by atoms with E-state index < -0.39 is 0 Å². The molecule has 0 spiro atoms. The maximum atomic E-state index is 12.6. The molecule has 2 heterocycles. The number of benzene rings is 1. The number of nitrogens with one attached hydrogen (secondary N) is 2. The van der Waals surface area contributed by atoms with Gasteiger partial charge in [0.1, 0.15) is 5.75 Å². The molecular formula is C19H27N5O2. The number of ether oxygens (including phenoxy) is 1. The summed E-state index contributed by atoms with van der Waals surface area (Å²) in [6, 6.07) is 7.75. The van der Waals surface area contributed by atoms with Crippen molar-refractivity contribution in [1.82, 2.24) is 20.3 Å². The summed E-state index contributed by atoms with van der Waals surface area (Å²) in [7, 11) is 0. The van der Waals surface area contributed by atoms with Gasteiger partial charge in [-0.05, 0) is 51.4 Å². The second-order valence-corrected chi connectivity index (χ2v) is 6.63. The standard InChI is InChI=1S/C19H27N5O2/c1-3-4-12-26-17-7-5-6-15(13-17)21-19(25)18-14(2)24(23-22-18)16-8-10-20-11-9-16/h5-7,13,16,20H,3-4,8-12H2,1-2H3,(H,21,25). The second kappa shape index (κ2) is 8.80. The average molecular weight is 357 g/mol. The molecular weight excluding hydrogens is 330 g/mol. The first-order valence-corrected chi connectivity index (χ1v) is 9.35. The summed E-state index contributed by atoms with van der Waals surface area (Å²) >= 11 is 0. The highest BCUT2D eigenvalue weighted by atomic mass is 16.5. The van der Waals surface area contributed by atoms with Gasteiger partial charge in [0.25, 0.3) is 5.91 Å². The molecule has 140 valence electrons. The molecule has 0 unspecified atom stereocenters. The maximum absolute atomic E-state index is 12.6. The van der Waals surface area contributed by atoms with Crippen LogP contribution in [0.3, 0.4) is 0 Å². The van der Waals surface area contributed by atoms with Crippen LogP contribution in [0.25, 0.3) is 0 Å². The molecule has 3 rings (SSSR count). The fourth-order valence-corrected chi connectivity index (χ4v) is 3.14. The van der Waals surface area contributed by atoms with E-state index in [0.29, 0.717) is 24.0 Å². The number of hydrogen-bond donors (Lipinski definition) is 2. The number of piperidine rings is 1. The minimum atomic E-state index is -0.242. The molecule has 1 aromatic heterocycles.